The van der Waals surface area contributed by atoms with Gasteiger partial charge in [-0.2, -0.15) is 0 Å². The second kappa shape index (κ2) is 8.14. The summed E-state index contributed by atoms with van der Waals surface area (Å²) in [6.45, 7) is 1.60. The van der Waals surface area contributed by atoms with Gasteiger partial charge in [-0.05, 0) is 50.2 Å². The second-order valence-electron chi connectivity index (χ2n) is 7.68. The van der Waals surface area contributed by atoms with Gasteiger partial charge in [0.25, 0.3) is 17.4 Å². The number of carbonyl (C=O) groups excluding carboxylic acids is 1. The van der Waals surface area contributed by atoms with E-state index in [1.165, 1.54) is 4.57 Å². The molecular formula is C22H23F2N3O4. The van der Waals surface area contributed by atoms with Crippen LogP contribution in [0.2, 0.25) is 0 Å². The average molecular weight is 431 g/mol. The van der Waals surface area contributed by atoms with E-state index in [4.69, 9.17) is 9.15 Å². The molecule has 0 radical (unpaired) electrons. The van der Waals surface area contributed by atoms with E-state index in [9.17, 15) is 18.4 Å². The Kier molecular flexibility index (Phi) is 5.53. The van der Waals surface area contributed by atoms with Crippen LogP contribution in [0, 0.1) is 6.92 Å². The van der Waals surface area contributed by atoms with Gasteiger partial charge in [0.05, 0.1) is 23.7 Å². The molecule has 3 heterocycles. The number of benzene rings is 1. The summed E-state index contributed by atoms with van der Waals surface area (Å²) < 4.78 is 41.1. The molecule has 1 fully saturated rings. The van der Waals surface area contributed by atoms with E-state index in [-0.39, 0.29) is 24.2 Å². The lowest BCUT2D eigenvalue weighted by Crippen LogP contribution is -2.57. The molecule has 1 aromatic carbocycles. The summed E-state index contributed by atoms with van der Waals surface area (Å²) in [5.74, 6) is -2.88. The summed E-state index contributed by atoms with van der Waals surface area (Å²) in [6, 6.07) is 7.12. The number of amides is 1. The van der Waals surface area contributed by atoms with E-state index in [1.807, 2.05) is 0 Å². The van der Waals surface area contributed by atoms with Gasteiger partial charge in [-0.25, -0.2) is 8.78 Å². The number of alkyl halides is 2. The summed E-state index contributed by atoms with van der Waals surface area (Å²) in [4.78, 5) is 25.0. The quantitative estimate of drug-likeness (QED) is 0.649. The molecule has 7 nitrogen and oxygen atoms in total. The Labute approximate surface area is 177 Å². The smallest absolute Gasteiger partial charge is 0.280 e. The molecule has 2 N–H and O–H groups in total. The molecule has 0 saturated carbocycles. The van der Waals surface area contributed by atoms with Crippen molar-refractivity contribution in [1.29, 1.82) is 0 Å². The predicted octanol–water partition coefficient (Wildman–Crippen LogP) is 2.75. The number of aryl methyl sites for hydroxylation is 2. The molecule has 1 unspecified atom stereocenters. The third kappa shape index (κ3) is 4.18. The highest BCUT2D eigenvalue weighted by Gasteiger charge is 2.42. The molecule has 3 aromatic rings. The van der Waals surface area contributed by atoms with Gasteiger partial charge in [0, 0.05) is 18.6 Å². The summed E-state index contributed by atoms with van der Waals surface area (Å²) in [7, 11) is 1.66. The third-order valence-electron chi connectivity index (χ3n) is 5.44. The van der Waals surface area contributed by atoms with Gasteiger partial charge in [-0.3, -0.25) is 9.59 Å². The fraction of sp³-hybridized carbons (Fsp3) is 0.364. The number of nitrogens with one attached hydrogen (secondary N) is 2. The van der Waals surface area contributed by atoms with E-state index in [2.05, 4.69) is 10.6 Å². The summed E-state index contributed by atoms with van der Waals surface area (Å²) in [5.41, 5.74) is 0.971. The van der Waals surface area contributed by atoms with Crippen LogP contribution >= 0.6 is 0 Å². The van der Waals surface area contributed by atoms with Crippen LogP contribution in [-0.2, 0) is 13.7 Å². The number of nitrogens with zero attached hydrogens (tertiary/aromatic N) is 1. The molecule has 0 aliphatic carbocycles. The Hall–Kier alpha value is -3.20. The molecule has 1 aliphatic rings. The van der Waals surface area contributed by atoms with Crippen LogP contribution < -0.4 is 20.9 Å². The van der Waals surface area contributed by atoms with E-state index in [0.29, 0.717) is 34.6 Å². The highest BCUT2D eigenvalue weighted by molar-refractivity contribution is 6.07. The summed E-state index contributed by atoms with van der Waals surface area (Å²) >= 11 is 0. The second-order valence-corrected chi connectivity index (χ2v) is 7.68. The van der Waals surface area contributed by atoms with E-state index in [0.717, 1.165) is 0 Å². The van der Waals surface area contributed by atoms with Crippen LogP contribution in [0.4, 0.5) is 8.78 Å². The molecule has 9 heteroatoms. The lowest BCUT2D eigenvalue weighted by atomic mass is 10.0. The van der Waals surface area contributed by atoms with Crippen LogP contribution in [0.25, 0.3) is 11.0 Å². The van der Waals surface area contributed by atoms with Crippen LogP contribution in [-0.4, -0.2) is 35.5 Å². The van der Waals surface area contributed by atoms with Crippen molar-refractivity contribution in [2.24, 2.45) is 7.05 Å². The first-order chi connectivity index (χ1) is 14.8. The van der Waals surface area contributed by atoms with E-state index in [1.54, 1.807) is 50.5 Å². The molecule has 0 spiro atoms. The number of piperidine rings is 1. The van der Waals surface area contributed by atoms with Gasteiger partial charge in [0.15, 0.2) is 0 Å². The summed E-state index contributed by atoms with van der Waals surface area (Å²) in [5, 5.41) is 5.56. The molecule has 31 heavy (non-hydrogen) atoms. The van der Waals surface area contributed by atoms with Crippen LogP contribution in [0.3, 0.4) is 0 Å². The first-order valence-corrected chi connectivity index (χ1v) is 9.96. The number of pyridine rings is 1. The number of ether oxygens (including phenoxy) is 1. The van der Waals surface area contributed by atoms with Crippen molar-refractivity contribution in [3.8, 4) is 5.75 Å². The van der Waals surface area contributed by atoms with Crippen molar-refractivity contribution < 1.29 is 22.7 Å². The van der Waals surface area contributed by atoms with Crippen molar-refractivity contribution >= 4 is 16.9 Å². The fourth-order valence-electron chi connectivity index (χ4n) is 3.74. The van der Waals surface area contributed by atoms with Crippen molar-refractivity contribution in [3.63, 3.8) is 0 Å². The third-order valence-corrected chi connectivity index (χ3v) is 5.44. The van der Waals surface area contributed by atoms with Gasteiger partial charge < -0.3 is 24.4 Å². The largest absolute Gasteiger partial charge is 0.489 e. The van der Waals surface area contributed by atoms with Crippen molar-refractivity contribution in [1.82, 2.24) is 15.2 Å². The van der Waals surface area contributed by atoms with Crippen LogP contribution in [0.1, 0.15) is 28.1 Å². The zero-order chi connectivity index (χ0) is 22.2. The highest BCUT2D eigenvalue weighted by atomic mass is 19.3. The minimum absolute atomic E-state index is 0.0542. The van der Waals surface area contributed by atoms with Crippen LogP contribution in [0.15, 0.2) is 45.7 Å². The van der Waals surface area contributed by atoms with Gasteiger partial charge in [-0.1, -0.05) is 0 Å². The maximum Gasteiger partial charge on any atom is 0.280 e. The molecule has 0 bridgehead atoms. The standard InChI is InChI=1S/C22H23F2N3O4/c1-13-19(20(28)26-18-7-8-25-12-22(18,23)24)16-10-15(5-6-17(16)31-13)30-11-14-4-3-9-27(2)21(14)29/h3-6,9-10,18,25H,7-8,11-12H2,1-2H3,(H,26,28). The molecule has 164 valence electrons. The van der Waals surface area contributed by atoms with Crippen molar-refractivity contribution in [2.45, 2.75) is 31.9 Å². The molecule has 1 aliphatic heterocycles. The van der Waals surface area contributed by atoms with Gasteiger partial charge >= 0.3 is 0 Å². The number of carbonyl (C=O) groups is 1. The normalized spacial score (nSPS) is 18.1. The molecule has 1 saturated heterocycles. The van der Waals surface area contributed by atoms with Gasteiger partial charge in [0.1, 0.15) is 23.7 Å². The van der Waals surface area contributed by atoms with E-state index >= 15 is 0 Å². The zero-order valence-corrected chi connectivity index (χ0v) is 17.2. The average Bonchev–Trinajstić information content (AvgIpc) is 3.05. The van der Waals surface area contributed by atoms with Gasteiger partial charge in [-0.15, -0.1) is 0 Å². The maximum absolute atomic E-state index is 14.1. The number of furan rings is 1. The molecule has 1 atom stereocenters. The number of hydrogen-bond donors (Lipinski definition) is 2. The topological polar surface area (TPSA) is 85.5 Å². The first kappa shape index (κ1) is 21.0. The molecule has 2 aromatic heterocycles. The minimum Gasteiger partial charge on any atom is -0.489 e. The van der Waals surface area contributed by atoms with Crippen molar-refractivity contribution in [3.05, 3.63) is 63.8 Å². The lowest BCUT2D eigenvalue weighted by Gasteiger charge is -2.32. The number of fused-ring (bicyclic) bond motifs is 1. The van der Waals surface area contributed by atoms with Crippen LogP contribution in [0.5, 0.6) is 5.75 Å². The zero-order valence-electron chi connectivity index (χ0n) is 17.2. The minimum atomic E-state index is -3.03. The highest BCUT2D eigenvalue weighted by Crippen LogP contribution is 2.30. The van der Waals surface area contributed by atoms with Gasteiger partial charge in [0.2, 0.25) is 0 Å². The summed E-state index contributed by atoms with van der Waals surface area (Å²) in [6.07, 6.45) is 1.79. The first-order valence-electron chi connectivity index (χ1n) is 9.96. The number of hydrogen-bond acceptors (Lipinski definition) is 5. The Morgan fingerprint density at radius 1 is 1.39 bits per heavy atom. The molecule has 1 amide bonds. The molecule has 4 rings (SSSR count). The lowest BCUT2D eigenvalue weighted by molar-refractivity contribution is -0.0487. The fourth-order valence-corrected chi connectivity index (χ4v) is 3.74. The predicted molar refractivity (Wildman–Crippen MR) is 111 cm³/mol. The Morgan fingerprint density at radius 2 is 2.19 bits per heavy atom. The number of aromatic nitrogens is 1. The number of rotatable bonds is 5. The SMILES string of the molecule is Cc1oc2ccc(OCc3cccn(C)c3=O)cc2c1C(=O)NC1CCNCC1(F)F. The Balaban J connectivity index is 1.58. The monoisotopic (exact) mass is 431 g/mol. The Bertz CT molecular complexity index is 1190. The molecular weight excluding hydrogens is 408 g/mol. The van der Waals surface area contributed by atoms with E-state index < -0.39 is 24.4 Å². The maximum atomic E-state index is 14.1. The van der Waals surface area contributed by atoms with Crippen molar-refractivity contribution in [2.75, 3.05) is 13.1 Å². The Morgan fingerprint density at radius 3 is 2.97 bits per heavy atom. The number of halogens is 2.